The van der Waals surface area contributed by atoms with E-state index in [-0.39, 0.29) is 45.2 Å². The van der Waals surface area contributed by atoms with Crippen molar-refractivity contribution in [2.45, 2.75) is 18.4 Å². The molecule has 0 saturated carbocycles. The van der Waals surface area contributed by atoms with Crippen molar-refractivity contribution < 1.29 is 37.4 Å². The summed E-state index contributed by atoms with van der Waals surface area (Å²) in [5, 5.41) is 11.3. The molecule has 0 spiro atoms. The summed E-state index contributed by atoms with van der Waals surface area (Å²) in [6, 6.07) is 16.4. The molecule has 1 aliphatic heterocycles. The molecule has 38 heavy (non-hydrogen) atoms. The van der Waals surface area contributed by atoms with Crippen LogP contribution in [0.25, 0.3) is 11.0 Å². The van der Waals surface area contributed by atoms with Gasteiger partial charge in [-0.1, -0.05) is 54.1 Å². The van der Waals surface area contributed by atoms with Gasteiger partial charge in [0.2, 0.25) is 11.7 Å². The molecule has 1 atom stereocenters. The zero-order valence-corrected chi connectivity index (χ0v) is 19.8. The van der Waals surface area contributed by atoms with Crippen LogP contribution in [-0.4, -0.2) is 44.1 Å². The fraction of sp³-hybridized carbons (Fsp3) is 0.120. The number of halogens is 4. The maximum Gasteiger partial charge on any atom is 0.491 e. The van der Waals surface area contributed by atoms with Gasteiger partial charge in [0.25, 0.3) is 5.91 Å². The van der Waals surface area contributed by atoms with E-state index in [9.17, 15) is 27.6 Å². The van der Waals surface area contributed by atoms with Crippen LogP contribution in [0.3, 0.4) is 0 Å². The van der Waals surface area contributed by atoms with Crippen molar-refractivity contribution in [3.8, 4) is 0 Å². The van der Waals surface area contributed by atoms with E-state index in [1.807, 2.05) is 0 Å². The zero-order valence-electron chi connectivity index (χ0n) is 19.0. The van der Waals surface area contributed by atoms with Gasteiger partial charge in [0.1, 0.15) is 0 Å². The number of H-pyrrole nitrogens is 1. The third-order valence-corrected chi connectivity index (χ3v) is 6.37. The average Bonchev–Trinajstić information content (AvgIpc) is 3.36. The summed E-state index contributed by atoms with van der Waals surface area (Å²) >= 11 is 6.31. The lowest BCUT2D eigenvalue weighted by Crippen LogP contribution is -2.49. The highest BCUT2D eigenvalue weighted by Crippen LogP contribution is 2.48. The monoisotopic (exact) mass is 544 g/mol. The molecular formula is C25H16ClF3N4O5. The SMILES string of the molecule is O=C(O)Nc1nc2ccc(C3(OC(=O)C(F)(F)F)c4ccccc4C(=O)N3Cc3ccccc3Cl)cc2[nH]1. The summed E-state index contributed by atoms with van der Waals surface area (Å²) in [6.45, 7) is -0.300. The average molecular weight is 545 g/mol. The molecule has 3 aromatic carbocycles. The number of nitrogens with zero attached hydrogens (tertiary/aromatic N) is 2. The zero-order chi connectivity index (χ0) is 27.2. The number of esters is 1. The molecule has 3 N–H and O–H groups in total. The van der Waals surface area contributed by atoms with Gasteiger partial charge in [0.05, 0.1) is 17.6 Å². The molecule has 194 valence electrons. The minimum atomic E-state index is -5.37. The minimum absolute atomic E-state index is 0.0115. The molecular weight excluding hydrogens is 529 g/mol. The van der Waals surface area contributed by atoms with Crippen LogP contribution in [0.4, 0.5) is 23.9 Å². The predicted molar refractivity (Wildman–Crippen MR) is 128 cm³/mol. The summed E-state index contributed by atoms with van der Waals surface area (Å²) in [7, 11) is 0. The van der Waals surface area contributed by atoms with Gasteiger partial charge in [0, 0.05) is 21.7 Å². The number of amides is 2. The number of benzene rings is 3. The van der Waals surface area contributed by atoms with Crippen LogP contribution in [0.15, 0.2) is 66.7 Å². The molecule has 5 rings (SSSR count). The lowest BCUT2D eigenvalue weighted by Gasteiger charge is -2.39. The first kappa shape index (κ1) is 25.1. The molecule has 9 nitrogen and oxygen atoms in total. The predicted octanol–water partition coefficient (Wildman–Crippen LogP) is 5.27. The van der Waals surface area contributed by atoms with E-state index >= 15 is 0 Å². The summed E-state index contributed by atoms with van der Waals surface area (Å²) in [4.78, 5) is 44.8. The van der Waals surface area contributed by atoms with E-state index in [0.717, 1.165) is 4.90 Å². The first-order valence-electron chi connectivity index (χ1n) is 11.0. The van der Waals surface area contributed by atoms with Crippen LogP contribution >= 0.6 is 11.6 Å². The number of nitrogens with one attached hydrogen (secondary N) is 2. The third kappa shape index (κ3) is 4.18. The molecule has 4 aromatic rings. The molecule has 0 saturated heterocycles. The molecule has 0 fully saturated rings. The number of imidazole rings is 1. The van der Waals surface area contributed by atoms with Crippen LogP contribution in [0.5, 0.6) is 0 Å². The molecule has 1 unspecified atom stereocenters. The first-order chi connectivity index (χ1) is 18.0. The van der Waals surface area contributed by atoms with Gasteiger partial charge in [-0.2, -0.15) is 13.2 Å². The summed E-state index contributed by atoms with van der Waals surface area (Å²) in [5.41, 5.74) is -1.44. The van der Waals surface area contributed by atoms with Crippen molar-refractivity contribution in [1.82, 2.24) is 14.9 Å². The summed E-state index contributed by atoms with van der Waals surface area (Å²) in [6.07, 6.45) is -6.76. The van der Waals surface area contributed by atoms with Crippen molar-refractivity contribution in [3.63, 3.8) is 0 Å². The Kier molecular flexibility index (Phi) is 5.98. The number of anilines is 1. The molecule has 2 amide bonds. The standard InChI is InChI=1S/C25H16ClF3N4O5/c26-17-8-4-1-5-13(17)12-33-20(34)15-6-2-3-7-16(15)24(33,38-21(35)25(27,28)29)14-9-10-18-19(11-14)31-22(30-18)32-23(36)37/h1-11H,12H2,(H,36,37)(H2,30,31,32). The number of fused-ring (bicyclic) bond motifs is 2. The topological polar surface area (TPSA) is 125 Å². The second kappa shape index (κ2) is 9.06. The van der Waals surface area contributed by atoms with Crippen LogP contribution in [0.1, 0.15) is 27.0 Å². The normalized spacial score (nSPS) is 16.9. The second-order valence-corrected chi connectivity index (χ2v) is 8.71. The quantitative estimate of drug-likeness (QED) is 0.294. The van der Waals surface area contributed by atoms with Gasteiger partial charge in [-0.15, -0.1) is 0 Å². The molecule has 0 aliphatic carbocycles. The number of hydrogen-bond donors (Lipinski definition) is 3. The van der Waals surface area contributed by atoms with Crippen molar-refractivity contribution in [3.05, 3.63) is 94.0 Å². The molecule has 13 heteroatoms. The van der Waals surface area contributed by atoms with Crippen LogP contribution < -0.4 is 5.32 Å². The Morgan fingerprint density at radius 3 is 2.53 bits per heavy atom. The van der Waals surface area contributed by atoms with E-state index in [0.29, 0.717) is 5.56 Å². The number of aromatic nitrogens is 2. The summed E-state index contributed by atoms with van der Waals surface area (Å²) < 4.78 is 46.0. The summed E-state index contributed by atoms with van der Waals surface area (Å²) in [5.74, 6) is -3.33. The molecule has 1 aliphatic rings. The first-order valence-corrected chi connectivity index (χ1v) is 11.3. The van der Waals surface area contributed by atoms with Crippen LogP contribution in [0, 0.1) is 0 Å². The van der Waals surface area contributed by atoms with E-state index in [4.69, 9.17) is 21.4 Å². The number of carbonyl (C=O) groups is 3. The van der Waals surface area contributed by atoms with Crippen molar-refractivity contribution in [1.29, 1.82) is 0 Å². The number of rotatable bonds is 5. The number of carbonyl (C=O) groups excluding carboxylic acids is 2. The number of carboxylic acid groups (broad SMARTS) is 1. The molecule has 0 radical (unpaired) electrons. The Balaban J connectivity index is 1.76. The minimum Gasteiger partial charge on any atom is -0.465 e. The number of aromatic amines is 1. The van der Waals surface area contributed by atoms with E-state index in [2.05, 4.69) is 15.3 Å². The van der Waals surface area contributed by atoms with Crippen molar-refractivity contribution in [2.75, 3.05) is 5.32 Å². The lowest BCUT2D eigenvalue weighted by atomic mass is 9.92. The largest absolute Gasteiger partial charge is 0.491 e. The second-order valence-electron chi connectivity index (χ2n) is 8.31. The maximum atomic E-state index is 13.6. The molecule has 0 bridgehead atoms. The molecule has 2 heterocycles. The Labute approximate surface area is 216 Å². The van der Waals surface area contributed by atoms with Gasteiger partial charge in [-0.25, -0.2) is 14.6 Å². The highest BCUT2D eigenvalue weighted by Gasteiger charge is 2.57. The maximum absolute atomic E-state index is 13.6. The smallest absolute Gasteiger partial charge is 0.465 e. The highest BCUT2D eigenvalue weighted by atomic mass is 35.5. The Morgan fingerprint density at radius 2 is 1.82 bits per heavy atom. The van der Waals surface area contributed by atoms with Gasteiger partial charge >= 0.3 is 18.2 Å². The Bertz CT molecular complexity index is 1610. The van der Waals surface area contributed by atoms with Gasteiger partial charge in [-0.05, 0) is 29.8 Å². The van der Waals surface area contributed by atoms with E-state index in [1.54, 1.807) is 24.3 Å². The fourth-order valence-corrected chi connectivity index (χ4v) is 4.63. The van der Waals surface area contributed by atoms with Crippen molar-refractivity contribution in [2.24, 2.45) is 0 Å². The van der Waals surface area contributed by atoms with Crippen LogP contribution in [-0.2, 0) is 21.8 Å². The van der Waals surface area contributed by atoms with E-state index in [1.165, 1.54) is 42.5 Å². The lowest BCUT2D eigenvalue weighted by molar-refractivity contribution is -0.222. The van der Waals surface area contributed by atoms with Crippen molar-refractivity contribution >= 4 is 46.6 Å². The van der Waals surface area contributed by atoms with Gasteiger partial charge in [0.15, 0.2) is 0 Å². The number of ether oxygens (including phenoxy) is 1. The molecule has 1 aromatic heterocycles. The van der Waals surface area contributed by atoms with Gasteiger partial charge < -0.3 is 14.8 Å². The number of hydrogen-bond acceptors (Lipinski definition) is 5. The third-order valence-electron chi connectivity index (χ3n) is 6.00. The van der Waals surface area contributed by atoms with Crippen LogP contribution in [0.2, 0.25) is 5.02 Å². The van der Waals surface area contributed by atoms with E-state index < -0.39 is 29.9 Å². The Hall–Kier alpha value is -4.58. The highest BCUT2D eigenvalue weighted by molar-refractivity contribution is 6.31. The fourth-order valence-electron chi connectivity index (χ4n) is 4.43. The Morgan fingerprint density at radius 1 is 1.11 bits per heavy atom. The number of alkyl halides is 3. The van der Waals surface area contributed by atoms with Gasteiger partial charge in [-0.3, -0.25) is 15.0 Å².